The molecule has 1 heterocycles. The van der Waals surface area contributed by atoms with Gasteiger partial charge in [-0.05, 0) is 55.7 Å². The zero-order valence-corrected chi connectivity index (χ0v) is 14.7. The summed E-state index contributed by atoms with van der Waals surface area (Å²) in [6, 6.07) is 8.39. The summed E-state index contributed by atoms with van der Waals surface area (Å²) in [5, 5.41) is 0. The highest BCUT2D eigenvalue weighted by Crippen LogP contribution is 2.23. The number of likely N-dealkylation sites (tertiary alicyclic amines) is 1. The second-order valence-corrected chi connectivity index (χ2v) is 6.67. The Balaban J connectivity index is 1.66. The standard InChI is InChI=1S/C20H31NO2/c1-3-4-5-6-20(22)21-15-13-18(14-16-21)8-7-17-9-11-19(23-2)12-10-17/h9-12,18H,3-8,13-16H2,1-2H3. The van der Waals surface area contributed by atoms with E-state index in [1.54, 1.807) is 7.11 Å². The summed E-state index contributed by atoms with van der Waals surface area (Å²) in [4.78, 5) is 14.2. The molecule has 1 aromatic rings. The summed E-state index contributed by atoms with van der Waals surface area (Å²) >= 11 is 0. The van der Waals surface area contributed by atoms with Crippen molar-refractivity contribution in [1.82, 2.24) is 4.90 Å². The fourth-order valence-corrected chi connectivity index (χ4v) is 3.32. The van der Waals surface area contributed by atoms with Gasteiger partial charge >= 0.3 is 0 Å². The predicted molar refractivity (Wildman–Crippen MR) is 94.8 cm³/mol. The van der Waals surface area contributed by atoms with E-state index in [-0.39, 0.29) is 0 Å². The van der Waals surface area contributed by atoms with Crippen LogP contribution in [0.3, 0.4) is 0 Å². The van der Waals surface area contributed by atoms with Crippen molar-refractivity contribution < 1.29 is 9.53 Å². The number of amides is 1. The molecule has 1 aliphatic rings. The van der Waals surface area contributed by atoms with Crippen LogP contribution in [0.5, 0.6) is 5.75 Å². The Morgan fingerprint density at radius 3 is 2.48 bits per heavy atom. The molecule has 23 heavy (non-hydrogen) atoms. The quantitative estimate of drug-likeness (QED) is 0.663. The lowest BCUT2D eigenvalue weighted by Gasteiger charge is -2.32. The molecule has 0 aromatic heterocycles. The molecule has 2 rings (SSSR count). The monoisotopic (exact) mass is 317 g/mol. The van der Waals surface area contributed by atoms with E-state index in [1.807, 2.05) is 12.1 Å². The average Bonchev–Trinajstić information content (AvgIpc) is 2.61. The molecule has 0 atom stereocenters. The first-order chi connectivity index (χ1) is 11.2. The van der Waals surface area contributed by atoms with E-state index in [1.165, 1.54) is 24.8 Å². The molecule has 0 N–H and O–H groups in total. The number of benzene rings is 1. The number of ether oxygens (including phenoxy) is 1. The number of hydrogen-bond donors (Lipinski definition) is 0. The Hall–Kier alpha value is -1.51. The largest absolute Gasteiger partial charge is 0.497 e. The zero-order valence-electron chi connectivity index (χ0n) is 14.7. The van der Waals surface area contributed by atoms with Gasteiger partial charge in [-0.3, -0.25) is 4.79 Å². The van der Waals surface area contributed by atoms with Gasteiger partial charge in [0.25, 0.3) is 0 Å². The fraction of sp³-hybridized carbons (Fsp3) is 0.650. The van der Waals surface area contributed by atoms with Crippen molar-refractivity contribution in [1.29, 1.82) is 0 Å². The summed E-state index contributed by atoms with van der Waals surface area (Å²) in [6.45, 7) is 4.09. The van der Waals surface area contributed by atoms with Gasteiger partial charge in [0, 0.05) is 19.5 Å². The van der Waals surface area contributed by atoms with Crippen molar-refractivity contribution in [2.45, 2.75) is 58.3 Å². The van der Waals surface area contributed by atoms with Crippen molar-refractivity contribution in [3.63, 3.8) is 0 Å². The average molecular weight is 317 g/mol. The lowest BCUT2D eigenvalue weighted by Crippen LogP contribution is -2.38. The molecule has 3 heteroatoms. The Labute approximate surface area is 141 Å². The maximum atomic E-state index is 12.1. The first kappa shape index (κ1) is 17.8. The number of piperidine rings is 1. The Morgan fingerprint density at radius 2 is 1.87 bits per heavy atom. The highest BCUT2D eigenvalue weighted by molar-refractivity contribution is 5.76. The third-order valence-electron chi connectivity index (χ3n) is 4.96. The minimum atomic E-state index is 0.368. The van der Waals surface area contributed by atoms with Crippen molar-refractivity contribution in [2.75, 3.05) is 20.2 Å². The van der Waals surface area contributed by atoms with Gasteiger partial charge in [-0.1, -0.05) is 31.9 Å². The molecule has 3 nitrogen and oxygen atoms in total. The van der Waals surface area contributed by atoms with Gasteiger partial charge in [0.1, 0.15) is 5.75 Å². The first-order valence-electron chi connectivity index (χ1n) is 9.13. The van der Waals surface area contributed by atoms with Gasteiger partial charge < -0.3 is 9.64 Å². The van der Waals surface area contributed by atoms with E-state index in [4.69, 9.17) is 4.74 Å². The van der Waals surface area contributed by atoms with Gasteiger partial charge in [-0.15, -0.1) is 0 Å². The number of methoxy groups -OCH3 is 1. The zero-order chi connectivity index (χ0) is 16.5. The molecule has 0 unspecified atom stereocenters. The normalized spacial score (nSPS) is 15.7. The smallest absolute Gasteiger partial charge is 0.222 e. The van der Waals surface area contributed by atoms with Crippen LogP contribution in [-0.4, -0.2) is 31.0 Å². The molecule has 0 radical (unpaired) electrons. The molecule has 0 aliphatic carbocycles. The molecule has 0 bridgehead atoms. The van der Waals surface area contributed by atoms with E-state index in [2.05, 4.69) is 24.0 Å². The van der Waals surface area contributed by atoms with Crippen LogP contribution >= 0.6 is 0 Å². The van der Waals surface area contributed by atoms with Crippen LogP contribution in [0.25, 0.3) is 0 Å². The van der Waals surface area contributed by atoms with E-state index in [9.17, 15) is 4.79 Å². The molecular formula is C20H31NO2. The number of hydrogen-bond acceptors (Lipinski definition) is 2. The summed E-state index contributed by atoms with van der Waals surface area (Å²) < 4.78 is 5.20. The molecule has 1 fully saturated rings. The minimum absolute atomic E-state index is 0.368. The summed E-state index contributed by atoms with van der Waals surface area (Å²) in [6.07, 6.45) is 8.82. The molecule has 0 saturated carbocycles. The van der Waals surface area contributed by atoms with Crippen LogP contribution in [0.15, 0.2) is 24.3 Å². The number of unbranched alkanes of at least 4 members (excludes halogenated alkanes) is 2. The Bertz CT molecular complexity index is 461. The van der Waals surface area contributed by atoms with E-state index < -0.39 is 0 Å². The molecule has 1 aromatic carbocycles. The molecular weight excluding hydrogens is 286 g/mol. The molecule has 1 amide bonds. The second kappa shape index (κ2) is 9.59. The molecule has 0 spiro atoms. The van der Waals surface area contributed by atoms with Crippen LogP contribution in [-0.2, 0) is 11.2 Å². The number of nitrogens with zero attached hydrogens (tertiary/aromatic N) is 1. The number of rotatable bonds is 8. The van der Waals surface area contributed by atoms with Gasteiger partial charge in [0.2, 0.25) is 5.91 Å². The van der Waals surface area contributed by atoms with Gasteiger partial charge in [0.15, 0.2) is 0 Å². The van der Waals surface area contributed by atoms with Crippen molar-refractivity contribution >= 4 is 5.91 Å². The fourth-order valence-electron chi connectivity index (χ4n) is 3.32. The van der Waals surface area contributed by atoms with E-state index >= 15 is 0 Å². The van der Waals surface area contributed by atoms with E-state index in [0.717, 1.165) is 56.9 Å². The van der Waals surface area contributed by atoms with Crippen LogP contribution in [0.1, 0.15) is 57.4 Å². The van der Waals surface area contributed by atoms with Crippen molar-refractivity contribution in [3.8, 4) is 5.75 Å². The highest BCUT2D eigenvalue weighted by atomic mass is 16.5. The molecule has 128 valence electrons. The maximum absolute atomic E-state index is 12.1. The maximum Gasteiger partial charge on any atom is 0.222 e. The van der Waals surface area contributed by atoms with Gasteiger partial charge in [-0.25, -0.2) is 0 Å². The van der Waals surface area contributed by atoms with Gasteiger partial charge in [0.05, 0.1) is 7.11 Å². The van der Waals surface area contributed by atoms with Crippen molar-refractivity contribution in [2.24, 2.45) is 5.92 Å². The van der Waals surface area contributed by atoms with Crippen LogP contribution in [0.4, 0.5) is 0 Å². The predicted octanol–water partition coefficient (Wildman–Crippen LogP) is 4.45. The topological polar surface area (TPSA) is 29.5 Å². The summed E-state index contributed by atoms with van der Waals surface area (Å²) in [7, 11) is 1.70. The summed E-state index contributed by atoms with van der Waals surface area (Å²) in [5.41, 5.74) is 1.38. The third kappa shape index (κ3) is 5.89. The number of aryl methyl sites for hydroxylation is 1. The lowest BCUT2D eigenvalue weighted by molar-refractivity contribution is -0.132. The Morgan fingerprint density at radius 1 is 1.17 bits per heavy atom. The highest BCUT2D eigenvalue weighted by Gasteiger charge is 2.22. The second-order valence-electron chi connectivity index (χ2n) is 6.67. The SMILES string of the molecule is CCCCCC(=O)N1CCC(CCc2ccc(OC)cc2)CC1. The van der Waals surface area contributed by atoms with Crippen LogP contribution < -0.4 is 4.74 Å². The van der Waals surface area contributed by atoms with Crippen LogP contribution in [0.2, 0.25) is 0 Å². The number of carbonyl (C=O) groups is 1. The van der Waals surface area contributed by atoms with Gasteiger partial charge in [-0.2, -0.15) is 0 Å². The number of carbonyl (C=O) groups excluding carboxylic acids is 1. The van der Waals surface area contributed by atoms with Crippen molar-refractivity contribution in [3.05, 3.63) is 29.8 Å². The summed E-state index contributed by atoms with van der Waals surface area (Å²) in [5.74, 6) is 2.05. The Kier molecular flexibility index (Phi) is 7.44. The lowest BCUT2D eigenvalue weighted by atomic mass is 9.90. The minimum Gasteiger partial charge on any atom is -0.497 e. The third-order valence-corrected chi connectivity index (χ3v) is 4.96. The van der Waals surface area contributed by atoms with Crippen LogP contribution in [0, 0.1) is 5.92 Å². The molecule has 1 aliphatic heterocycles. The van der Waals surface area contributed by atoms with E-state index in [0.29, 0.717) is 5.91 Å². The molecule has 1 saturated heterocycles. The first-order valence-corrected chi connectivity index (χ1v) is 9.13.